The van der Waals surface area contributed by atoms with E-state index in [2.05, 4.69) is 32.9 Å². The number of carboxylic acids is 2. The molecule has 5 rings (SSSR count). The summed E-state index contributed by atoms with van der Waals surface area (Å²) in [6, 6.07) is 19.7. The third-order valence-corrected chi connectivity index (χ3v) is 7.49. The van der Waals surface area contributed by atoms with Crippen LogP contribution in [0.3, 0.4) is 0 Å². The van der Waals surface area contributed by atoms with Gasteiger partial charge in [0.15, 0.2) is 11.5 Å². The second kappa shape index (κ2) is 17.8. The molecule has 7 heteroatoms. The Hall–Kier alpha value is -4.00. The van der Waals surface area contributed by atoms with Crippen molar-refractivity contribution in [1.82, 2.24) is 0 Å². The topological polar surface area (TPSA) is 102 Å². The smallest absolute Gasteiger partial charge is 0.335 e. The molecule has 3 aromatic carbocycles. The van der Waals surface area contributed by atoms with Crippen LogP contribution in [0, 0.1) is 0 Å². The highest BCUT2D eigenvalue weighted by Gasteiger charge is 2.17. The minimum Gasteiger partial charge on any atom is -0.489 e. The number of carbonyl (C=O) groups is 2. The van der Waals surface area contributed by atoms with Gasteiger partial charge in [-0.2, -0.15) is 0 Å². The zero-order chi connectivity index (χ0) is 31.0. The van der Waals surface area contributed by atoms with E-state index in [1.54, 1.807) is 6.07 Å². The zero-order valence-corrected chi connectivity index (χ0v) is 25.8. The molecule has 3 aromatic rings. The Kier molecular flexibility index (Phi) is 13.9. The molecule has 0 spiro atoms. The zero-order valence-electron chi connectivity index (χ0n) is 25.8. The second-order valence-corrected chi connectivity index (χ2v) is 11.0. The Labute approximate surface area is 255 Å². The number of unbranched alkanes of at least 4 members (excludes halogenated alkanes) is 2. The van der Waals surface area contributed by atoms with Crippen molar-refractivity contribution in [1.29, 1.82) is 0 Å². The van der Waals surface area contributed by atoms with Crippen LogP contribution in [0.25, 0.3) is 0 Å². The van der Waals surface area contributed by atoms with Gasteiger partial charge < -0.3 is 24.4 Å². The number of benzene rings is 3. The van der Waals surface area contributed by atoms with E-state index in [9.17, 15) is 9.59 Å². The van der Waals surface area contributed by atoms with Gasteiger partial charge in [-0.15, -0.1) is 0 Å². The quantitative estimate of drug-likeness (QED) is 0.228. The molecule has 0 saturated carbocycles. The largest absolute Gasteiger partial charge is 0.489 e. The van der Waals surface area contributed by atoms with E-state index in [1.807, 2.05) is 42.5 Å². The van der Waals surface area contributed by atoms with Gasteiger partial charge in [0.25, 0.3) is 0 Å². The van der Waals surface area contributed by atoms with Crippen molar-refractivity contribution in [2.24, 2.45) is 0 Å². The standard InChI is InChI=1S/C18H20O3.C12H14O2.C6H12O2/c1-2-5-15-6-3-4-7-16(15)21-13-14-8-9-17-18(12-14)20-11-10-19-17;1-8-3-2-4-9-7-10(12(13)14)5-6-11(8)9;1-2-3-4-5-6(7)8/h3-4,6-9,12H,2,5,10-11,13H2,1H3;5-8H,2-4H2,1H3,(H,13,14);2-5H2,1H3,(H,7,8). The molecule has 1 aliphatic carbocycles. The van der Waals surface area contributed by atoms with E-state index in [0.29, 0.717) is 37.7 Å². The molecule has 43 heavy (non-hydrogen) atoms. The molecule has 0 bridgehead atoms. The lowest BCUT2D eigenvalue weighted by molar-refractivity contribution is -0.137. The van der Waals surface area contributed by atoms with E-state index < -0.39 is 11.9 Å². The Morgan fingerprint density at radius 1 is 0.907 bits per heavy atom. The first-order valence-corrected chi connectivity index (χ1v) is 15.5. The van der Waals surface area contributed by atoms with Crippen LogP contribution in [0.4, 0.5) is 0 Å². The summed E-state index contributed by atoms with van der Waals surface area (Å²) in [5.41, 5.74) is 5.32. The van der Waals surface area contributed by atoms with Gasteiger partial charge in [-0.05, 0) is 90.6 Å². The monoisotopic (exact) mass is 590 g/mol. The van der Waals surface area contributed by atoms with Crippen molar-refractivity contribution >= 4 is 11.9 Å². The Morgan fingerprint density at radius 3 is 2.40 bits per heavy atom. The summed E-state index contributed by atoms with van der Waals surface area (Å²) in [4.78, 5) is 20.6. The molecular formula is C36H46O7. The molecule has 1 atom stereocenters. The number of ether oxygens (including phenoxy) is 3. The van der Waals surface area contributed by atoms with Gasteiger partial charge in [0.1, 0.15) is 25.6 Å². The average Bonchev–Trinajstić information content (AvgIpc) is 3.01. The van der Waals surface area contributed by atoms with Gasteiger partial charge in [0.2, 0.25) is 0 Å². The maximum atomic E-state index is 10.8. The van der Waals surface area contributed by atoms with E-state index in [1.165, 1.54) is 29.5 Å². The second-order valence-electron chi connectivity index (χ2n) is 11.0. The van der Waals surface area contributed by atoms with Gasteiger partial charge >= 0.3 is 11.9 Å². The van der Waals surface area contributed by atoms with Crippen molar-refractivity contribution in [3.8, 4) is 17.2 Å². The Balaban J connectivity index is 0.000000198. The summed E-state index contributed by atoms with van der Waals surface area (Å²) in [6.07, 6.45) is 8.86. The van der Waals surface area contributed by atoms with Crippen molar-refractivity contribution < 1.29 is 34.0 Å². The summed E-state index contributed by atoms with van der Waals surface area (Å²) in [7, 11) is 0. The molecule has 2 N–H and O–H groups in total. The summed E-state index contributed by atoms with van der Waals surface area (Å²) >= 11 is 0. The number of aliphatic carboxylic acids is 1. The van der Waals surface area contributed by atoms with Crippen molar-refractivity contribution in [2.75, 3.05) is 13.2 Å². The predicted molar refractivity (Wildman–Crippen MR) is 169 cm³/mol. The van der Waals surface area contributed by atoms with Gasteiger partial charge in [0.05, 0.1) is 5.56 Å². The fourth-order valence-electron chi connectivity index (χ4n) is 5.18. The predicted octanol–water partition coefficient (Wildman–Crippen LogP) is 8.47. The number of aromatic carboxylic acids is 1. The molecule has 2 aliphatic rings. The molecule has 1 heterocycles. The molecule has 0 aromatic heterocycles. The minimum atomic E-state index is -0.828. The summed E-state index contributed by atoms with van der Waals surface area (Å²) in [5.74, 6) is 1.67. The SMILES string of the molecule is CC1CCCc2cc(C(=O)O)ccc21.CCCCCC(=O)O.CCCc1ccccc1OCc1ccc2c(c1)OCCO2. The van der Waals surface area contributed by atoms with Crippen LogP contribution in [-0.4, -0.2) is 35.4 Å². The lowest BCUT2D eigenvalue weighted by Gasteiger charge is -2.22. The fourth-order valence-corrected chi connectivity index (χ4v) is 5.18. The van der Waals surface area contributed by atoms with Gasteiger partial charge in [-0.3, -0.25) is 4.79 Å². The first-order valence-electron chi connectivity index (χ1n) is 15.5. The van der Waals surface area contributed by atoms with Crippen molar-refractivity contribution in [3.05, 3.63) is 88.5 Å². The van der Waals surface area contributed by atoms with Crippen LogP contribution in [0.1, 0.15) is 104 Å². The molecule has 0 fully saturated rings. The third-order valence-electron chi connectivity index (χ3n) is 7.49. The number of rotatable bonds is 10. The molecule has 1 unspecified atom stereocenters. The van der Waals surface area contributed by atoms with Crippen LogP contribution in [-0.2, 0) is 24.2 Å². The summed E-state index contributed by atoms with van der Waals surface area (Å²) < 4.78 is 17.1. The first kappa shape index (κ1) is 33.5. The van der Waals surface area contributed by atoms with E-state index >= 15 is 0 Å². The number of fused-ring (bicyclic) bond motifs is 2. The minimum absolute atomic E-state index is 0.327. The highest BCUT2D eigenvalue weighted by molar-refractivity contribution is 5.88. The highest BCUT2D eigenvalue weighted by atomic mass is 16.6. The van der Waals surface area contributed by atoms with Crippen LogP contribution >= 0.6 is 0 Å². The molecule has 0 saturated heterocycles. The maximum absolute atomic E-state index is 10.8. The Morgan fingerprint density at radius 2 is 1.67 bits per heavy atom. The number of aryl methyl sites for hydroxylation is 2. The number of carboxylic acid groups (broad SMARTS) is 2. The maximum Gasteiger partial charge on any atom is 0.335 e. The molecule has 232 valence electrons. The molecule has 1 aliphatic heterocycles. The van der Waals surface area contributed by atoms with Crippen LogP contribution in [0.15, 0.2) is 60.7 Å². The fraction of sp³-hybridized carbons (Fsp3) is 0.444. The highest BCUT2D eigenvalue weighted by Crippen LogP contribution is 2.32. The average molecular weight is 591 g/mol. The number of para-hydroxylation sites is 1. The van der Waals surface area contributed by atoms with Crippen LogP contribution in [0.2, 0.25) is 0 Å². The molecule has 0 radical (unpaired) electrons. The molecule has 0 amide bonds. The Bertz CT molecular complexity index is 1320. The van der Waals surface area contributed by atoms with E-state index in [-0.39, 0.29) is 0 Å². The van der Waals surface area contributed by atoms with Gasteiger partial charge in [0, 0.05) is 6.42 Å². The normalized spacial score (nSPS) is 14.6. The van der Waals surface area contributed by atoms with Crippen LogP contribution in [0.5, 0.6) is 17.2 Å². The summed E-state index contributed by atoms with van der Waals surface area (Å²) in [6.45, 7) is 8.21. The van der Waals surface area contributed by atoms with Gasteiger partial charge in [-0.1, -0.05) is 70.4 Å². The lowest BCUT2D eigenvalue weighted by atomic mass is 9.83. The number of hydrogen-bond donors (Lipinski definition) is 2. The number of hydrogen-bond acceptors (Lipinski definition) is 5. The van der Waals surface area contributed by atoms with Gasteiger partial charge in [-0.25, -0.2) is 4.79 Å². The summed E-state index contributed by atoms with van der Waals surface area (Å²) in [5, 5.41) is 17.0. The van der Waals surface area contributed by atoms with E-state index in [4.69, 9.17) is 24.4 Å². The van der Waals surface area contributed by atoms with Crippen molar-refractivity contribution in [2.45, 2.75) is 91.1 Å². The lowest BCUT2D eigenvalue weighted by Crippen LogP contribution is -2.15. The third kappa shape index (κ3) is 11.0. The molecule has 7 nitrogen and oxygen atoms in total. The first-order chi connectivity index (χ1) is 20.8. The van der Waals surface area contributed by atoms with E-state index in [0.717, 1.165) is 61.3 Å². The van der Waals surface area contributed by atoms with Crippen molar-refractivity contribution in [3.63, 3.8) is 0 Å². The molecular weight excluding hydrogens is 544 g/mol. The van der Waals surface area contributed by atoms with Crippen LogP contribution < -0.4 is 14.2 Å².